The van der Waals surface area contributed by atoms with E-state index in [1.54, 1.807) is 6.20 Å². The van der Waals surface area contributed by atoms with Gasteiger partial charge in [-0.25, -0.2) is 0 Å². The maximum absolute atomic E-state index is 4.31. The molecule has 0 saturated carbocycles. The fraction of sp³-hybridized carbons (Fsp3) is 0.111. The van der Waals surface area contributed by atoms with Gasteiger partial charge in [0.15, 0.2) is 0 Å². The molecular formula is C9H9IN3-. The van der Waals surface area contributed by atoms with Gasteiger partial charge < -0.3 is 0 Å². The van der Waals surface area contributed by atoms with Crippen LogP contribution in [0.2, 0.25) is 0 Å². The second kappa shape index (κ2) is 3.87. The van der Waals surface area contributed by atoms with E-state index in [0.29, 0.717) is 0 Å². The molecule has 0 amide bonds. The summed E-state index contributed by atoms with van der Waals surface area (Å²) in [6, 6.07) is 4.00. The molecule has 0 radical (unpaired) electrons. The standard InChI is InChI=1S/C9H9IN3/c1-10-13-8-4-7-5-11-3-2-9(7)12-6-8/h2-6,13H,1H3/q-1. The summed E-state index contributed by atoms with van der Waals surface area (Å²) in [7, 11) is 0. The zero-order valence-electron chi connectivity index (χ0n) is 7.16. The minimum atomic E-state index is 0.0618. The molecule has 2 heterocycles. The number of pyridine rings is 2. The van der Waals surface area contributed by atoms with E-state index in [4.69, 9.17) is 0 Å². The zero-order valence-corrected chi connectivity index (χ0v) is 9.32. The van der Waals surface area contributed by atoms with E-state index in [1.807, 2.05) is 18.5 Å². The van der Waals surface area contributed by atoms with Crippen LogP contribution >= 0.6 is 0 Å². The summed E-state index contributed by atoms with van der Waals surface area (Å²) in [6.07, 6.45) is 5.46. The third kappa shape index (κ3) is 1.88. The Bertz CT molecular complexity index is 416. The number of nitrogens with zero attached hydrogens (tertiary/aromatic N) is 2. The average molecular weight is 286 g/mol. The van der Waals surface area contributed by atoms with Crippen molar-refractivity contribution in [1.82, 2.24) is 9.97 Å². The van der Waals surface area contributed by atoms with Gasteiger partial charge in [0, 0.05) is 0 Å². The Kier molecular flexibility index (Phi) is 2.58. The van der Waals surface area contributed by atoms with E-state index in [0.717, 1.165) is 16.6 Å². The van der Waals surface area contributed by atoms with Crippen LogP contribution in [0.4, 0.5) is 5.69 Å². The van der Waals surface area contributed by atoms with Crippen LogP contribution in [0, 0.1) is 0 Å². The van der Waals surface area contributed by atoms with E-state index in [1.165, 1.54) is 0 Å². The number of alkyl halides is 1. The van der Waals surface area contributed by atoms with Crippen molar-refractivity contribution < 1.29 is 21.5 Å². The molecule has 13 heavy (non-hydrogen) atoms. The van der Waals surface area contributed by atoms with Crippen LogP contribution in [0.5, 0.6) is 0 Å². The first kappa shape index (κ1) is 8.68. The Balaban J connectivity index is 2.49. The number of hydrogen-bond acceptors (Lipinski definition) is 3. The quantitative estimate of drug-likeness (QED) is 0.422. The number of aromatic nitrogens is 2. The number of nitrogens with one attached hydrogen (secondary N) is 1. The molecule has 0 aliphatic rings. The second-order valence-corrected chi connectivity index (χ2v) is 4.19. The Labute approximate surface area is 87.2 Å². The molecule has 0 aromatic carbocycles. The van der Waals surface area contributed by atoms with Crippen LogP contribution < -0.4 is 25.0 Å². The maximum atomic E-state index is 4.31. The Morgan fingerprint density at radius 1 is 1.38 bits per heavy atom. The summed E-state index contributed by atoms with van der Waals surface area (Å²) in [4.78, 5) is 10.5. The molecule has 0 fully saturated rings. The van der Waals surface area contributed by atoms with Crippen LogP contribution in [0.15, 0.2) is 30.7 Å². The first-order valence-electron chi connectivity index (χ1n) is 3.84. The predicted molar refractivity (Wildman–Crippen MR) is 49.1 cm³/mol. The van der Waals surface area contributed by atoms with Gasteiger partial charge >= 0.3 is 87.2 Å². The van der Waals surface area contributed by atoms with E-state index in [9.17, 15) is 0 Å². The summed E-state index contributed by atoms with van der Waals surface area (Å²) < 4.78 is 3.32. The van der Waals surface area contributed by atoms with Gasteiger partial charge in [-0.1, -0.05) is 0 Å². The van der Waals surface area contributed by atoms with Crippen molar-refractivity contribution in [1.29, 1.82) is 0 Å². The summed E-state index contributed by atoms with van der Waals surface area (Å²) in [5.74, 6) is 0. The molecule has 2 rings (SSSR count). The zero-order chi connectivity index (χ0) is 9.10. The Morgan fingerprint density at radius 3 is 3.15 bits per heavy atom. The molecule has 1 N–H and O–H groups in total. The van der Waals surface area contributed by atoms with Crippen molar-refractivity contribution in [2.24, 2.45) is 0 Å². The molecular weight excluding hydrogens is 277 g/mol. The third-order valence-corrected chi connectivity index (χ3v) is 2.85. The summed E-state index contributed by atoms with van der Waals surface area (Å²) in [5.41, 5.74) is 2.09. The molecule has 3 nitrogen and oxygen atoms in total. The van der Waals surface area contributed by atoms with Crippen LogP contribution in [0.1, 0.15) is 0 Å². The van der Waals surface area contributed by atoms with Gasteiger partial charge in [-0.2, -0.15) is 0 Å². The first-order chi connectivity index (χ1) is 6.40. The average Bonchev–Trinajstić information content (AvgIpc) is 2.18. The van der Waals surface area contributed by atoms with Crippen molar-refractivity contribution in [3.8, 4) is 0 Å². The summed E-state index contributed by atoms with van der Waals surface area (Å²) in [5, 5.41) is 1.09. The van der Waals surface area contributed by atoms with Crippen molar-refractivity contribution in [3.05, 3.63) is 30.7 Å². The van der Waals surface area contributed by atoms with Crippen molar-refractivity contribution >= 4 is 16.6 Å². The van der Waals surface area contributed by atoms with E-state index in [-0.39, 0.29) is 21.5 Å². The monoisotopic (exact) mass is 286 g/mol. The van der Waals surface area contributed by atoms with Gasteiger partial charge in [0.1, 0.15) is 0 Å². The molecule has 0 unspecified atom stereocenters. The number of rotatable bonds is 2. The van der Waals surface area contributed by atoms with Crippen molar-refractivity contribution in [2.75, 3.05) is 8.46 Å². The Hall–Kier alpha value is -0.910. The van der Waals surface area contributed by atoms with Gasteiger partial charge in [-0.05, 0) is 0 Å². The fourth-order valence-corrected chi connectivity index (χ4v) is 2.05. The van der Waals surface area contributed by atoms with Gasteiger partial charge in [0.05, 0.1) is 0 Å². The van der Waals surface area contributed by atoms with E-state index in [2.05, 4.69) is 24.5 Å². The predicted octanol–water partition coefficient (Wildman–Crippen LogP) is -1.32. The van der Waals surface area contributed by atoms with E-state index < -0.39 is 0 Å². The van der Waals surface area contributed by atoms with Gasteiger partial charge in [-0.15, -0.1) is 0 Å². The summed E-state index contributed by atoms with van der Waals surface area (Å²) >= 11 is 0.0618. The molecule has 0 bridgehead atoms. The number of fused-ring (bicyclic) bond motifs is 1. The van der Waals surface area contributed by atoms with Gasteiger partial charge in [0.25, 0.3) is 0 Å². The first-order valence-corrected chi connectivity index (χ1v) is 7.08. The van der Waals surface area contributed by atoms with Crippen molar-refractivity contribution in [3.63, 3.8) is 0 Å². The SMILES string of the molecule is C[I-]Nc1cnc2ccncc2c1. The van der Waals surface area contributed by atoms with Crippen LogP contribution in [0.3, 0.4) is 0 Å². The molecule has 68 valence electrons. The molecule has 0 saturated heterocycles. The number of halogens is 1. The molecule has 0 aliphatic heterocycles. The molecule has 2 aromatic rings. The molecule has 0 atom stereocenters. The normalized spacial score (nSPS) is 10.5. The number of hydrogen-bond donors (Lipinski definition) is 1. The third-order valence-electron chi connectivity index (χ3n) is 1.69. The van der Waals surface area contributed by atoms with Crippen LogP contribution in [0.25, 0.3) is 10.9 Å². The molecule has 2 aromatic heterocycles. The minimum absolute atomic E-state index is 0.0618. The van der Waals surface area contributed by atoms with Gasteiger partial charge in [0.2, 0.25) is 0 Å². The molecule has 4 heteroatoms. The van der Waals surface area contributed by atoms with Crippen LogP contribution in [-0.4, -0.2) is 14.9 Å². The summed E-state index contributed by atoms with van der Waals surface area (Å²) in [6.45, 7) is 0. The number of anilines is 1. The molecule has 0 spiro atoms. The topological polar surface area (TPSA) is 37.8 Å². The van der Waals surface area contributed by atoms with Crippen molar-refractivity contribution in [2.45, 2.75) is 0 Å². The second-order valence-electron chi connectivity index (χ2n) is 2.58. The molecule has 0 aliphatic carbocycles. The van der Waals surface area contributed by atoms with Gasteiger partial charge in [-0.3, -0.25) is 0 Å². The Morgan fingerprint density at radius 2 is 2.31 bits per heavy atom. The van der Waals surface area contributed by atoms with Crippen LogP contribution in [-0.2, 0) is 0 Å². The van der Waals surface area contributed by atoms with E-state index >= 15 is 0 Å². The fourth-order valence-electron chi connectivity index (χ4n) is 1.13.